The van der Waals surface area contributed by atoms with E-state index < -0.39 is 11.7 Å². The van der Waals surface area contributed by atoms with Crippen molar-refractivity contribution in [2.24, 2.45) is 5.92 Å². The van der Waals surface area contributed by atoms with E-state index in [-0.39, 0.29) is 29.0 Å². The fourth-order valence-corrected chi connectivity index (χ4v) is 2.22. The van der Waals surface area contributed by atoms with Crippen LogP contribution in [-0.2, 0) is 4.79 Å². The molecule has 2 amide bonds. The van der Waals surface area contributed by atoms with Gasteiger partial charge in [-0.2, -0.15) is 0 Å². The molecule has 0 unspecified atom stereocenters. The van der Waals surface area contributed by atoms with Gasteiger partial charge in [-0.3, -0.25) is 9.59 Å². The number of carbonyl (C=O) groups is 2. The van der Waals surface area contributed by atoms with Crippen LogP contribution in [0.4, 0.5) is 4.39 Å². The molecular formula is C15H20ClFN2O2. The van der Waals surface area contributed by atoms with Crippen LogP contribution in [0.2, 0.25) is 5.02 Å². The SMILES string of the molecule is CCC(CC)C(=O)NCCNC(=O)c1c(F)cccc1Cl. The Hall–Kier alpha value is -1.62. The predicted molar refractivity (Wildman–Crippen MR) is 80.8 cm³/mol. The summed E-state index contributed by atoms with van der Waals surface area (Å²) in [5, 5.41) is 5.34. The number of benzene rings is 1. The van der Waals surface area contributed by atoms with Crippen molar-refractivity contribution in [3.63, 3.8) is 0 Å². The summed E-state index contributed by atoms with van der Waals surface area (Å²) in [6.07, 6.45) is 1.55. The smallest absolute Gasteiger partial charge is 0.255 e. The summed E-state index contributed by atoms with van der Waals surface area (Å²) >= 11 is 5.80. The Kier molecular flexibility index (Phi) is 7.15. The third kappa shape index (κ3) is 5.01. The zero-order valence-corrected chi connectivity index (χ0v) is 13.0. The van der Waals surface area contributed by atoms with Crippen LogP contribution >= 0.6 is 11.6 Å². The van der Waals surface area contributed by atoms with Crippen LogP contribution in [0.3, 0.4) is 0 Å². The maximum absolute atomic E-state index is 13.5. The number of carbonyl (C=O) groups excluding carboxylic acids is 2. The molecule has 0 aromatic heterocycles. The van der Waals surface area contributed by atoms with Crippen LogP contribution in [0.1, 0.15) is 37.0 Å². The van der Waals surface area contributed by atoms with Crippen molar-refractivity contribution in [1.82, 2.24) is 10.6 Å². The molecule has 21 heavy (non-hydrogen) atoms. The molecule has 0 saturated carbocycles. The minimum atomic E-state index is -0.666. The van der Waals surface area contributed by atoms with Gasteiger partial charge in [0.15, 0.2) is 0 Å². The fraction of sp³-hybridized carbons (Fsp3) is 0.467. The van der Waals surface area contributed by atoms with Gasteiger partial charge in [0, 0.05) is 19.0 Å². The summed E-state index contributed by atoms with van der Waals surface area (Å²) in [5.41, 5.74) is -0.175. The second-order valence-electron chi connectivity index (χ2n) is 4.66. The summed E-state index contributed by atoms with van der Waals surface area (Å²) < 4.78 is 13.5. The van der Waals surface area contributed by atoms with Crippen molar-refractivity contribution in [3.8, 4) is 0 Å². The summed E-state index contributed by atoms with van der Waals surface area (Å²) in [7, 11) is 0. The van der Waals surface area contributed by atoms with E-state index in [4.69, 9.17) is 11.6 Å². The van der Waals surface area contributed by atoms with E-state index in [1.807, 2.05) is 13.8 Å². The van der Waals surface area contributed by atoms with Gasteiger partial charge in [0.25, 0.3) is 5.91 Å². The first-order valence-electron chi connectivity index (χ1n) is 7.01. The third-order valence-corrected chi connectivity index (χ3v) is 3.57. The molecule has 1 aromatic carbocycles. The Morgan fingerprint density at radius 3 is 2.38 bits per heavy atom. The average molecular weight is 315 g/mol. The van der Waals surface area contributed by atoms with E-state index in [0.29, 0.717) is 6.54 Å². The van der Waals surface area contributed by atoms with Crippen LogP contribution in [0.25, 0.3) is 0 Å². The second-order valence-corrected chi connectivity index (χ2v) is 5.06. The Labute approximate surface area is 129 Å². The standard InChI is InChI=1S/C15H20ClFN2O2/c1-3-10(4-2)14(20)18-8-9-19-15(21)13-11(16)6-5-7-12(13)17/h5-7,10H,3-4,8-9H2,1-2H3,(H,18,20)(H,19,21). The zero-order chi connectivity index (χ0) is 15.8. The molecule has 1 aromatic rings. The topological polar surface area (TPSA) is 58.2 Å². The molecule has 0 aliphatic carbocycles. The molecular weight excluding hydrogens is 295 g/mol. The van der Waals surface area contributed by atoms with E-state index >= 15 is 0 Å². The maximum Gasteiger partial charge on any atom is 0.255 e. The number of amides is 2. The van der Waals surface area contributed by atoms with Gasteiger partial charge < -0.3 is 10.6 Å². The Balaban J connectivity index is 2.43. The van der Waals surface area contributed by atoms with Gasteiger partial charge in [0.1, 0.15) is 5.82 Å². The summed E-state index contributed by atoms with van der Waals surface area (Å²) in [5.74, 6) is -1.30. The molecule has 0 bridgehead atoms. The number of hydrogen-bond acceptors (Lipinski definition) is 2. The summed E-state index contributed by atoms with van der Waals surface area (Å²) in [6.45, 7) is 4.42. The lowest BCUT2D eigenvalue weighted by molar-refractivity contribution is -0.125. The first-order valence-corrected chi connectivity index (χ1v) is 7.38. The molecule has 0 saturated heterocycles. The fourth-order valence-electron chi connectivity index (χ4n) is 1.97. The zero-order valence-electron chi connectivity index (χ0n) is 12.2. The monoisotopic (exact) mass is 314 g/mol. The van der Waals surface area contributed by atoms with Gasteiger partial charge in [-0.15, -0.1) is 0 Å². The molecule has 1 rings (SSSR count). The van der Waals surface area contributed by atoms with Gasteiger partial charge in [-0.05, 0) is 25.0 Å². The summed E-state index contributed by atoms with van der Waals surface area (Å²) in [6, 6.07) is 4.06. The summed E-state index contributed by atoms with van der Waals surface area (Å²) in [4.78, 5) is 23.6. The number of hydrogen-bond donors (Lipinski definition) is 2. The molecule has 0 fully saturated rings. The van der Waals surface area contributed by atoms with Gasteiger partial charge in [0.05, 0.1) is 10.6 Å². The molecule has 0 heterocycles. The van der Waals surface area contributed by atoms with E-state index in [9.17, 15) is 14.0 Å². The van der Waals surface area contributed by atoms with Crippen molar-refractivity contribution < 1.29 is 14.0 Å². The lowest BCUT2D eigenvalue weighted by atomic mass is 10.0. The van der Waals surface area contributed by atoms with Crippen LogP contribution in [-0.4, -0.2) is 24.9 Å². The quantitative estimate of drug-likeness (QED) is 0.760. The highest BCUT2D eigenvalue weighted by Crippen LogP contribution is 2.18. The number of rotatable bonds is 7. The Bertz CT molecular complexity index is 484. The normalized spacial score (nSPS) is 10.5. The van der Waals surface area contributed by atoms with Crippen molar-refractivity contribution >= 4 is 23.4 Å². The maximum atomic E-state index is 13.5. The lowest BCUT2D eigenvalue weighted by Crippen LogP contribution is -2.37. The van der Waals surface area contributed by atoms with Crippen molar-refractivity contribution in [1.29, 1.82) is 0 Å². The van der Waals surface area contributed by atoms with E-state index in [1.54, 1.807) is 0 Å². The Morgan fingerprint density at radius 2 is 1.81 bits per heavy atom. The highest BCUT2D eigenvalue weighted by Gasteiger charge is 2.16. The first-order chi connectivity index (χ1) is 10.0. The van der Waals surface area contributed by atoms with Crippen LogP contribution < -0.4 is 10.6 Å². The van der Waals surface area contributed by atoms with Gasteiger partial charge in [0.2, 0.25) is 5.91 Å². The van der Waals surface area contributed by atoms with Crippen LogP contribution in [0.15, 0.2) is 18.2 Å². The van der Waals surface area contributed by atoms with Gasteiger partial charge >= 0.3 is 0 Å². The number of nitrogens with one attached hydrogen (secondary N) is 2. The molecule has 116 valence electrons. The van der Waals surface area contributed by atoms with Crippen LogP contribution in [0, 0.1) is 11.7 Å². The van der Waals surface area contributed by atoms with Crippen LogP contribution in [0.5, 0.6) is 0 Å². The minimum Gasteiger partial charge on any atom is -0.354 e. The molecule has 4 nitrogen and oxygen atoms in total. The molecule has 0 spiro atoms. The molecule has 0 aliphatic rings. The van der Waals surface area contributed by atoms with Gasteiger partial charge in [-0.1, -0.05) is 31.5 Å². The molecule has 0 aliphatic heterocycles. The Morgan fingerprint density at radius 1 is 1.19 bits per heavy atom. The largest absolute Gasteiger partial charge is 0.354 e. The third-order valence-electron chi connectivity index (χ3n) is 3.26. The van der Waals surface area contributed by atoms with Gasteiger partial charge in [-0.25, -0.2) is 4.39 Å². The highest BCUT2D eigenvalue weighted by atomic mass is 35.5. The van der Waals surface area contributed by atoms with E-state index in [0.717, 1.165) is 12.8 Å². The van der Waals surface area contributed by atoms with Crippen molar-refractivity contribution in [3.05, 3.63) is 34.6 Å². The van der Waals surface area contributed by atoms with E-state index in [1.165, 1.54) is 18.2 Å². The lowest BCUT2D eigenvalue weighted by Gasteiger charge is -2.13. The van der Waals surface area contributed by atoms with Crippen molar-refractivity contribution in [2.75, 3.05) is 13.1 Å². The van der Waals surface area contributed by atoms with Crippen molar-refractivity contribution in [2.45, 2.75) is 26.7 Å². The number of halogens is 2. The first kappa shape index (κ1) is 17.4. The molecule has 6 heteroatoms. The molecule has 0 atom stereocenters. The molecule has 0 radical (unpaired) electrons. The second kappa shape index (κ2) is 8.62. The molecule has 2 N–H and O–H groups in total. The predicted octanol–water partition coefficient (Wildman–Crippen LogP) is 2.76. The average Bonchev–Trinajstić information content (AvgIpc) is 2.44. The van der Waals surface area contributed by atoms with E-state index in [2.05, 4.69) is 10.6 Å². The minimum absolute atomic E-state index is 0.0123. The highest BCUT2D eigenvalue weighted by molar-refractivity contribution is 6.33.